The Morgan fingerprint density at radius 1 is 1.05 bits per heavy atom. The van der Waals surface area contributed by atoms with Crippen molar-refractivity contribution in [2.75, 3.05) is 52.1 Å². The molecule has 232 valence electrons. The van der Waals surface area contributed by atoms with Crippen LogP contribution >= 0.6 is 0 Å². The number of piperazine rings is 1. The first-order valence-corrected chi connectivity index (χ1v) is 15.7. The van der Waals surface area contributed by atoms with Crippen LogP contribution in [0.3, 0.4) is 0 Å². The van der Waals surface area contributed by atoms with E-state index in [2.05, 4.69) is 19.9 Å². The molecule has 0 aliphatic carbocycles. The molecule has 3 aliphatic heterocycles. The van der Waals surface area contributed by atoms with E-state index in [1.165, 1.54) is 16.4 Å². The summed E-state index contributed by atoms with van der Waals surface area (Å²) in [5.74, 6) is -0.949. The number of alkyl halides is 3. The Hall–Kier alpha value is -3.49. The number of piperidine rings is 1. The van der Waals surface area contributed by atoms with E-state index in [4.69, 9.17) is 0 Å². The Balaban J connectivity index is 1.22. The predicted octanol–water partition coefficient (Wildman–Crippen LogP) is 2.56. The number of nitrogens with zero attached hydrogens (tertiary/aromatic N) is 4. The molecule has 2 aromatic rings. The second-order valence-electron chi connectivity index (χ2n) is 11.2. The lowest BCUT2D eigenvalue weighted by atomic mass is 9.89. The van der Waals surface area contributed by atoms with E-state index in [0.717, 1.165) is 36.3 Å². The number of likely N-dealkylation sites (N-methyl/N-ethyl adjacent to an activating group) is 1. The van der Waals surface area contributed by atoms with Crippen molar-refractivity contribution in [1.82, 2.24) is 19.4 Å². The first kappa shape index (κ1) is 31.0. The molecule has 3 aliphatic rings. The van der Waals surface area contributed by atoms with Crippen LogP contribution in [0.4, 0.5) is 13.2 Å². The Bertz CT molecular complexity index is 1530. The van der Waals surface area contributed by atoms with Gasteiger partial charge in [0.15, 0.2) is 0 Å². The zero-order valence-corrected chi connectivity index (χ0v) is 24.8. The van der Waals surface area contributed by atoms with Gasteiger partial charge in [0.25, 0.3) is 11.8 Å². The second kappa shape index (κ2) is 11.9. The lowest BCUT2D eigenvalue weighted by molar-refractivity contribution is -0.274. The van der Waals surface area contributed by atoms with Gasteiger partial charge in [-0.3, -0.25) is 14.6 Å². The highest BCUT2D eigenvalue weighted by molar-refractivity contribution is 7.89. The van der Waals surface area contributed by atoms with Crippen LogP contribution in [-0.4, -0.2) is 104 Å². The average molecular weight is 622 g/mol. The number of amides is 2. The van der Waals surface area contributed by atoms with Crippen LogP contribution < -0.4 is 10.1 Å². The Labute approximate surface area is 248 Å². The Kier molecular flexibility index (Phi) is 8.56. The number of aliphatic imine (C=N–C) groups is 1. The minimum Gasteiger partial charge on any atom is -0.406 e. The molecule has 2 saturated heterocycles. The van der Waals surface area contributed by atoms with Gasteiger partial charge in [-0.1, -0.05) is 18.2 Å². The molecular formula is C29H34F3N5O5S. The maximum absolute atomic E-state index is 13.3. The van der Waals surface area contributed by atoms with Crippen LogP contribution in [0.2, 0.25) is 0 Å². The molecule has 0 radical (unpaired) electrons. The van der Waals surface area contributed by atoms with Gasteiger partial charge < -0.3 is 19.9 Å². The SMILES string of the molecule is Cc1ccc(C(=O)N2CCN(C)CC2)cc1CCS(=O)(=O)N1CCC2(CC1)N=C(c1cccc(OC(F)(F)F)c1)NC2=O. The fraction of sp³-hybridized carbons (Fsp3) is 0.483. The quantitative estimate of drug-likeness (QED) is 0.509. The molecule has 3 heterocycles. The van der Waals surface area contributed by atoms with Gasteiger partial charge in [0, 0.05) is 50.4 Å². The van der Waals surface area contributed by atoms with Gasteiger partial charge in [0.05, 0.1) is 5.75 Å². The molecule has 1 N–H and O–H groups in total. The summed E-state index contributed by atoms with van der Waals surface area (Å²) in [6.07, 6.45) is -4.36. The van der Waals surface area contributed by atoms with Crippen LogP contribution in [0, 0.1) is 6.92 Å². The number of hydrogen-bond donors (Lipinski definition) is 1. The monoisotopic (exact) mass is 621 g/mol. The zero-order chi connectivity index (χ0) is 31.0. The van der Waals surface area contributed by atoms with Crippen molar-refractivity contribution in [3.63, 3.8) is 0 Å². The molecule has 43 heavy (non-hydrogen) atoms. The fourth-order valence-corrected chi connectivity index (χ4v) is 7.08. The maximum atomic E-state index is 13.3. The van der Waals surface area contributed by atoms with E-state index in [-0.39, 0.29) is 55.4 Å². The molecule has 0 saturated carbocycles. The number of rotatable bonds is 7. The molecule has 2 aromatic carbocycles. The van der Waals surface area contributed by atoms with E-state index in [1.807, 2.05) is 24.9 Å². The summed E-state index contributed by atoms with van der Waals surface area (Å²) in [5, 5.41) is 2.64. The van der Waals surface area contributed by atoms with Gasteiger partial charge in [-0.15, -0.1) is 13.2 Å². The first-order chi connectivity index (χ1) is 20.2. The lowest BCUT2D eigenvalue weighted by Crippen LogP contribution is -2.50. The number of hydrogen-bond acceptors (Lipinski definition) is 7. The number of amidine groups is 1. The van der Waals surface area contributed by atoms with Crippen molar-refractivity contribution < 1.29 is 35.9 Å². The van der Waals surface area contributed by atoms with Gasteiger partial charge in [-0.25, -0.2) is 12.7 Å². The molecule has 10 nitrogen and oxygen atoms in total. The lowest BCUT2D eigenvalue weighted by Gasteiger charge is -2.34. The van der Waals surface area contributed by atoms with Crippen molar-refractivity contribution in [1.29, 1.82) is 0 Å². The molecule has 2 amide bonds. The van der Waals surface area contributed by atoms with Crippen molar-refractivity contribution in [3.05, 3.63) is 64.7 Å². The predicted molar refractivity (Wildman–Crippen MR) is 153 cm³/mol. The highest BCUT2D eigenvalue weighted by Gasteiger charge is 2.47. The number of halogens is 3. The number of aryl methyl sites for hydroxylation is 2. The molecular weight excluding hydrogens is 587 g/mol. The summed E-state index contributed by atoms with van der Waals surface area (Å²) < 4.78 is 69.8. The van der Waals surface area contributed by atoms with Gasteiger partial charge in [0.2, 0.25) is 10.0 Å². The molecule has 0 unspecified atom stereocenters. The van der Waals surface area contributed by atoms with Gasteiger partial charge in [-0.05, 0) is 68.6 Å². The highest BCUT2D eigenvalue weighted by atomic mass is 32.2. The molecule has 2 fully saturated rings. The summed E-state index contributed by atoms with van der Waals surface area (Å²) in [6.45, 7) is 4.93. The second-order valence-corrected chi connectivity index (χ2v) is 13.3. The minimum atomic E-state index is -4.86. The van der Waals surface area contributed by atoms with Crippen LogP contribution in [0.15, 0.2) is 47.5 Å². The van der Waals surface area contributed by atoms with Gasteiger partial charge in [0.1, 0.15) is 17.1 Å². The number of nitrogens with one attached hydrogen (secondary N) is 1. The van der Waals surface area contributed by atoms with Crippen LogP contribution in [0.5, 0.6) is 5.75 Å². The number of ether oxygens (including phenoxy) is 1. The summed E-state index contributed by atoms with van der Waals surface area (Å²) in [7, 11) is -1.67. The maximum Gasteiger partial charge on any atom is 0.573 e. The van der Waals surface area contributed by atoms with Gasteiger partial charge in [-0.2, -0.15) is 0 Å². The summed E-state index contributed by atoms with van der Waals surface area (Å²) >= 11 is 0. The smallest absolute Gasteiger partial charge is 0.406 e. The zero-order valence-electron chi connectivity index (χ0n) is 24.0. The van der Waals surface area contributed by atoms with Crippen molar-refractivity contribution in [3.8, 4) is 5.75 Å². The number of sulfonamides is 1. The molecule has 5 rings (SSSR count). The van der Waals surface area contributed by atoms with Gasteiger partial charge >= 0.3 is 6.36 Å². The summed E-state index contributed by atoms with van der Waals surface area (Å²) in [4.78, 5) is 34.5. The van der Waals surface area contributed by atoms with Crippen LogP contribution in [0.1, 0.15) is 39.9 Å². The summed E-state index contributed by atoms with van der Waals surface area (Å²) in [6, 6.07) is 10.6. The molecule has 0 bridgehead atoms. The van der Waals surface area contributed by atoms with E-state index in [1.54, 1.807) is 12.1 Å². The normalized spacial score (nSPS) is 19.8. The third-order valence-corrected chi connectivity index (χ3v) is 10.2. The standard InChI is InChI=1S/C29H34F3N5O5S/c1-20-6-7-23(26(38)36-15-13-35(2)14-16-36)18-21(20)8-17-43(40,41)37-11-9-28(10-12-37)27(39)33-25(34-28)22-4-3-5-24(19-22)42-29(30,31)32/h3-7,18-19H,8-17H2,1-2H3,(H,33,34,39). The minimum absolute atomic E-state index is 0.0621. The topological polar surface area (TPSA) is 112 Å². The summed E-state index contributed by atoms with van der Waals surface area (Å²) in [5.41, 5.74) is 1.29. The molecule has 14 heteroatoms. The third kappa shape index (κ3) is 7.02. The number of benzene rings is 2. The first-order valence-electron chi connectivity index (χ1n) is 14.1. The van der Waals surface area contributed by atoms with Crippen molar-refractivity contribution in [2.24, 2.45) is 4.99 Å². The van der Waals surface area contributed by atoms with Crippen LogP contribution in [0.25, 0.3) is 0 Å². The molecule has 0 atom stereocenters. The van der Waals surface area contributed by atoms with E-state index in [0.29, 0.717) is 18.7 Å². The molecule has 0 aromatic heterocycles. The van der Waals surface area contributed by atoms with Crippen molar-refractivity contribution >= 4 is 27.7 Å². The van der Waals surface area contributed by atoms with E-state index < -0.39 is 33.6 Å². The van der Waals surface area contributed by atoms with E-state index >= 15 is 0 Å². The number of carbonyl (C=O) groups is 2. The Morgan fingerprint density at radius 2 is 1.74 bits per heavy atom. The van der Waals surface area contributed by atoms with Crippen molar-refractivity contribution in [2.45, 2.75) is 38.1 Å². The third-order valence-electron chi connectivity index (χ3n) is 8.28. The van der Waals surface area contributed by atoms with Crippen LogP contribution in [-0.2, 0) is 21.2 Å². The fourth-order valence-electron chi connectivity index (χ4n) is 5.60. The van der Waals surface area contributed by atoms with E-state index in [9.17, 15) is 31.2 Å². The largest absolute Gasteiger partial charge is 0.573 e. The molecule has 1 spiro atoms. The highest BCUT2D eigenvalue weighted by Crippen LogP contribution is 2.33. The number of carbonyl (C=O) groups excluding carboxylic acids is 2. The Morgan fingerprint density at radius 3 is 2.42 bits per heavy atom. The average Bonchev–Trinajstić information content (AvgIpc) is 3.27.